The van der Waals surface area contributed by atoms with Crippen LogP contribution in [0.1, 0.15) is 56.6 Å². The quantitative estimate of drug-likeness (QED) is 0.661. The Morgan fingerprint density at radius 2 is 2.00 bits per heavy atom. The van der Waals surface area contributed by atoms with Gasteiger partial charge in [-0.3, -0.25) is 0 Å². The van der Waals surface area contributed by atoms with Crippen LogP contribution < -0.4 is 0 Å². The lowest BCUT2D eigenvalue weighted by Crippen LogP contribution is -2.02. The van der Waals surface area contributed by atoms with Gasteiger partial charge in [0.05, 0.1) is 0 Å². The summed E-state index contributed by atoms with van der Waals surface area (Å²) in [5.74, 6) is 0.832. The molecule has 2 rings (SSSR count). The molecule has 92 valence electrons. The van der Waals surface area contributed by atoms with Crippen molar-refractivity contribution in [1.82, 2.24) is 0 Å². The third kappa shape index (κ3) is 4.03. The lowest BCUT2D eigenvalue weighted by atomic mass is 9.88. The monoisotopic (exact) mass is 228 g/mol. The first-order valence-electron chi connectivity index (χ1n) is 7.15. The first-order valence-corrected chi connectivity index (χ1v) is 7.15. The summed E-state index contributed by atoms with van der Waals surface area (Å²) >= 11 is 0. The molecule has 1 aliphatic carbocycles. The molecule has 0 aromatic heterocycles. The van der Waals surface area contributed by atoms with E-state index in [0.717, 1.165) is 5.92 Å². The minimum Gasteiger partial charge on any atom is -0.0808 e. The molecule has 1 aromatic rings. The van der Waals surface area contributed by atoms with Gasteiger partial charge in [0.15, 0.2) is 0 Å². The van der Waals surface area contributed by atoms with E-state index in [1.165, 1.54) is 56.1 Å². The summed E-state index contributed by atoms with van der Waals surface area (Å²) in [6.45, 7) is 2.24. The number of benzene rings is 1. The Labute approximate surface area is 106 Å². The van der Waals surface area contributed by atoms with E-state index in [1.54, 1.807) is 0 Å². The lowest BCUT2D eigenvalue weighted by molar-refractivity contribution is 0.420. The van der Waals surface area contributed by atoms with E-state index in [4.69, 9.17) is 0 Å². The van der Waals surface area contributed by atoms with Gasteiger partial charge in [0.1, 0.15) is 0 Å². The van der Waals surface area contributed by atoms with Crippen molar-refractivity contribution in [3.8, 4) is 0 Å². The molecule has 0 radical (unpaired) electrons. The summed E-state index contributed by atoms with van der Waals surface area (Å²) < 4.78 is 0. The van der Waals surface area contributed by atoms with Crippen molar-refractivity contribution in [3.63, 3.8) is 0 Å². The molecule has 0 atom stereocenters. The predicted molar refractivity (Wildman–Crippen MR) is 76.0 cm³/mol. The van der Waals surface area contributed by atoms with Gasteiger partial charge in [0.25, 0.3) is 0 Å². The molecule has 0 N–H and O–H groups in total. The van der Waals surface area contributed by atoms with Crippen LogP contribution in [-0.4, -0.2) is 0 Å². The highest BCUT2D eigenvalue weighted by Gasteiger charge is 2.09. The first kappa shape index (κ1) is 12.4. The van der Waals surface area contributed by atoms with Gasteiger partial charge in [-0.1, -0.05) is 69.0 Å². The van der Waals surface area contributed by atoms with E-state index in [1.807, 2.05) is 0 Å². The van der Waals surface area contributed by atoms with Gasteiger partial charge in [-0.05, 0) is 36.3 Å². The summed E-state index contributed by atoms with van der Waals surface area (Å²) in [7, 11) is 0. The van der Waals surface area contributed by atoms with Crippen LogP contribution in [0.2, 0.25) is 0 Å². The molecule has 0 amide bonds. The van der Waals surface area contributed by atoms with Gasteiger partial charge in [0, 0.05) is 0 Å². The second-order valence-electron chi connectivity index (χ2n) is 5.25. The maximum Gasteiger partial charge on any atom is -0.0230 e. The molecule has 17 heavy (non-hydrogen) atoms. The first-order chi connectivity index (χ1) is 8.38. The standard InChI is InChI=1S/C17H24/c1-2-7-16-10-6-11-17(14-16)13-12-15-8-4-3-5-9-15/h6,10-15H,2-5,7-9H2,1H3. The van der Waals surface area contributed by atoms with Gasteiger partial charge in [-0.15, -0.1) is 0 Å². The van der Waals surface area contributed by atoms with Crippen LogP contribution in [0.25, 0.3) is 6.08 Å². The van der Waals surface area contributed by atoms with E-state index in [-0.39, 0.29) is 0 Å². The fourth-order valence-corrected chi connectivity index (χ4v) is 2.71. The zero-order valence-electron chi connectivity index (χ0n) is 11.0. The van der Waals surface area contributed by atoms with E-state index < -0.39 is 0 Å². The molecule has 0 nitrogen and oxygen atoms in total. The average molecular weight is 228 g/mol. The molecule has 1 saturated carbocycles. The summed E-state index contributed by atoms with van der Waals surface area (Å²) in [6.07, 6.45) is 14.3. The minimum atomic E-state index is 0.832. The average Bonchev–Trinajstić information content (AvgIpc) is 2.39. The highest BCUT2D eigenvalue weighted by molar-refractivity contribution is 5.50. The van der Waals surface area contributed by atoms with Crippen molar-refractivity contribution < 1.29 is 0 Å². The molecule has 1 fully saturated rings. The highest BCUT2D eigenvalue weighted by Crippen LogP contribution is 2.25. The molecular formula is C17H24. The van der Waals surface area contributed by atoms with E-state index in [0.29, 0.717) is 0 Å². The predicted octanol–water partition coefficient (Wildman–Crippen LogP) is 5.23. The summed E-state index contributed by atoms with van der Waals surface area (Å²) in [6, 6.07) is 8.98. The third-order valence-electron chi connectivity index (χ3n) is 3.70. The second kappa shape index (κ2) is 6.64. The van der Waals surface area contributed by atoms with Crippen molar-refractivity contribution in [1.29, 1.82) is 0 Å². The Morgan fingerprint density at radius 3 is 2.76 bits per heavy atom. The molecule has 0 aliphatic heterocycles. The van der Waals surface area contributed by atoms with Gasteiger partial charge in [0.2, 0.25) is 0 Å². The van der Waals surface area contributed by atoms with Gasteiger partial charge in [-0.25, -0.2) is 0 Å². The lowest BCUT2D eigenvalue weighted by Gasteiger charge is -2.17. The van der Waals surface area contributed by atoms with E-state index in [2.05, 4.69) is 43.3 Å². The molecular weight excluding hydrogens is 204 g/mol. The fourth-order valence-electron chi connectivity index (χ4n) is 2.71. The molecule has 0 heterocycles. The van der Waals surface area contributed by atoms with Gasteiger partial charge >= 0.3 is 0 Å². The molecule has 0 saturated heterocycles. The van der Waals surface area contributed by atoms with Crippen LogP contribution in [0.5, 0.6) is 0 Å². The van der Waals surface area contributed by atoms with Gasteiger partial charge in [-0.2, -0.15) is 0 Å². The van der Waals surface area contributed by atoms with E-state index in [9.17, 15) is 0 Å². The summed E-state index contributed by atoms with van der Waals surface area (Å²) in [4.78, 5) is 0. The van der Waals surface area contributed by atoms with Crippen molar-refractivity contribution in [2.45, 2.75) is 51.9 Å². The highest BCUT2D eigenvalue weighted by atomic mass is 14.1. The van der Waals surface area contributed by atoms with Crippen LogP contribution in [0.15, 0.2) is 30.3 Å². The SMILES string of the molecule is CCCc1cccc(C=CC2CCCCC2)c1. The normalized spacial score (nSPS) is 17.7. The smallest absolute Gasteiger partial charge is 0.0230 e. The second-order valence-corrected chi connectivity index (χ2v) is 5.25. The zero-order chi connectivity index (χ0) is 11.9. The van der Waals surface area contributed by atoms with Crippen LogP contribution in [0.3, 0.4) is 0 Å². The Bertz CT molecular complexity index is 356. The number of rotatable bonds is 4. The topological polar surface area (TPSA) is 0 Å². The Balaban J connectivity index is 1.96. The molecule has 0 heteroatoms. The van der Waals surface area contributed by atoms with Crippen molar-refractivity contribution in [2.24, 2.45) is 5.92 Å². The summed E-state index contributed by atoms with van der Waals surface area (Å²) in [5.41, 5.74) is 2.85. The van der Waals surface area contributed by atoms with Crippen molar-refractivity contribution >= 4 is 6.08 Å². The maximum atomic E-state index is 2.43. The molecule has 1 aromatic carbocycles. The van der Waals surface area contributed by atoms with Crippen molar-refractivity contribution in [2.75, 3.05) is 0 Å². The Morgan fingerprint density at radius 1 is 1.18 bits per heavy atom. The third-order valence-corrected chi connectivity index (χ3v) is 3.70. The van der Waals surface area contributed by atoms with Crippen LogP contribution in [-0.2, 0) is 6.42 Å². The molecule has 1 aliphatic rings. The molecule has 0 bridgehead atoms. The summed E-state index contributed by atoms with van der Waals surface area (Å²) in [5, 5.41) is 0. The van der Waals surface area contributed by atoms with Crippen LogP contribution in [0, 0.1) is 5.92 Å². The van der Waals surface area contributed by atoms with Crippen LogP contribution >= 0.6 is 0 Å². The molecule has 0 spiro atoms. The number of aryl methyl sites for hydroxylation is 1. The fraction of sp³-hybridized carbons (Fsp3) is 0.529. The van der Waals surface area contributed by atoms with Gasteiger partial charge < -0.3 is 0 Å². The van der Waals surface area contributed by atoms with Crippen molar-refractivity contribution in [3.05, 3.63) is 41.5 Å². The zero-order valence-corrected chi connectivity index (χ0v) is 11.0. The Hall–Kier alpha value is -1.04. The minimum absolute atomic E-state index is 0.832. The Kier molecular flexibility index (Phi) is 4.85. The number of hydrogen-bond donors (Lipinski definition) is 0. The molecule has 0 unspecified atom stereocenters. The van der Waals surface area contributed by atoms with Crippen LogP contribution in [0.4, 0.5) is 0 Å². The van der Waals surface area contributed by atoms with E-state index >= 15 is 0 Å². The maximum absolute atomic E-state index is 2.43. The number of allylic oxidation sites excluding steroid dienone is 1. The number of hydrogen-bond acceptors (Lipinski definition) is 0. The largest absolute Gasteiger partial charge is 0.0808 e.